The Morgan fingerprint density at radius 3 is 2.29 bits per heavy atom. The molecule has 24 heavy (non-hydrogen) atoms. The molecule has 0 atom stereocenters. The molecule has 0 saturated carbocycles. The number of amides is 1. The molecule has 0 aliphatic rings. The molecular weight excluding hydrogens is 314 g/mol. The summed E-state index contributed by atoms with van der Waals surface area (Å²) in [6.45, 7) is 3.85. The molecule has 8 nitrogen and oxygen atoms in total. The number of carbonyl (C=O) groups excluding carboxylic acids is 1. The highest BCUT2D eigenvalue weighted by Gasteiger charge is 2.21. The molecule has 2 rings (SSSR count). The van der Waals surface area contributed by atoms with Crippen LogP contribution in [0, 0.1) is 34.1 Å². The largest absolute Gasteiger partial charge is 0.326 e. The minimum absolute atomic E-state index is 0.118. The standard InChI is InChI=1S/C16H15N3O5/c1-10-3-5-13(7-11(10)2)17-16(20)8-12-4-6-14(18(21)22)9-15(12)19(23)24/h3-7,9H,8H2,1-2H3,(H,17,20). The fraction of sp³-hybridized carbons (Fsp3) is 0.188. The van der Waals surface area contributed by atoms with Crippen LogP contribution >= 0.6 is 0 Å². The fourth-order valence-corrected chi connectivity index (χ4v) is 2.18. The van der Waals surface area contributed by atoms with E-state index >= 15 is 0 Å². The molecule has 0 aromatic heterocycles. The minimum Gasteiger partial charge on any atom is -0.326 e. The highest BCUT2D eigenvalue weighted by atomic mass is 16.6. The van der Waals surface area contributed by atoms with Crippen LogP contribution in [-0.2, 0) is 11.2 Å². The van der Waals surface area contributed by atoms with Gasteiger partial charge in [0.25, 0.3) is 11.4 Å². The van der Waals surface area contributed by atoms with Crippen molar-refractivity contribution in [2.24, 2.45) is 0 Å². The number of nitro groups is 2. The first kappa shape index (κ1) is 17.1. The van der Waals surface area contributed by atoms with Crippen molar-refractivity contribution in [1.29, 1.82) is 0 Å². The van der Waals surface area contributed by atoms with Crippen LogP contribution in [-0.4, -0.2) is 15.8 Å². The quantitative estimate of drug-likeness (QED) is 0.667. The summed E-state index contributed by atoms with van der Waals surface area (Å²) in [5.41, 5.74) is 1.96. The zero-order chi connectivity index (χ0) is 17.9. The molecule has 8 heteroatoms. The van der Waals surface area contributed by atoms with E-state index in [0.717, 1.165) is 23.3 Å². The Morgan fingerprint density at radius 2 is 1.71 bits per heavy atom. The van der Waals surface area contributed by atoms with Gasteiger partial charge in [-0.3, -0.25) is 25.0 Å². The molecule has 0 bridgehead atoms. The average Bonchev–Trinajstić information content (AvgIpc) is 2.50. The molecule has 0 fully saturated rings. The number of hydrogen-bond acceptors (Lipinski definition) is 5. The zero-order valence-electron chi connectivity index (χ0n) is 13.1. The molecule has 2 aromatic carbocycles. The molecule has 0 radical (unpaired) electrons. The number of nitrogens with one attached hydrogen (secondary N) is 1. The fourth-order valence-electron chi connectivity index (χ4n) is 2.18. The van der Waals surface area contributed by atoms with E-state index in [2.05, 4.69) is 5.32 Å². The molecule has 0 aliphatic heterocycles. The van der Waals surface area contributed by atoms with Gasteiger partial charge in [0.15, 0.2) is 0 Å². The summed E-state index contributed by atoms with van der Waals surface area (Å²) in [6, 6.07) is 8.64. The topological polar surface area (TPSA) is 115 Å². The van der Waals surface area contributed by atoms with Gasteiger partial charge in [-0.2, -0.15) is 0 Å². The molecule has 0 heterocycles. The number of rotatable bonds is 5. The van der Waals surface area contributed by atoms with E-state index in [0.29, 0.717) is 5.69 Å². The maximum Gasteiger partial charge on any atom is 0.279 e. The van der Waals surface area contributed by atoms with Gasteiger partial charge < -0.3 is 5.32 Å². The molecule has 1 amide bonds. The Labute approximate surface area is 137 Å². The van der Waals surface area contributed by atoms with Crippen molar-refractivity contribution in [3.05, 3.63) is 73.3 Å². The first-order valence-electron chi connectivity index (χ1n) is 7.06. The smallest absolute Gasteiger partial charge is 0.279 e. The zero-order valence-corrected chi connectivity index (χ0v) is 13.1. The molecule has 2 aromatic rings. The van der Waals surface area contributed by atoms with Gasteiger partial charge in [-0.1, -0.05) is 6.07 Å². The van der Waals surface area contributed by atoms with Gasteiger partial charge in [-0.05, 0) is 43.2 Å². The summed E-state index contributed by atoms with van der Waals surface area (Å²) in [4.78, 5) is 32.4. The van der Waals surface area contributed by atoms with Crippen molar-refractivity contribution >= 4 is 23.0 Å². The lowest BCUT2D eigenvalue weighted by atomic mass is 10.1. The van der Waals surface area contributed by atoms with E-state index in [1.165, 1.54) is 6.07 Å². The van der Waals surface area contributed by atoms with Crippen molar-refractivity contribution in [3.63, 3.8) is 0 Å². The molecular formula is C16H15N3O5. The SMILES string of the molecule is Cc1ccc(NC(=O)Cc2ccc([N+](=O)[O-])cc2[N+](=O)[O-])cc1C. The van der Waals surface area contributed by atoms with E-state index in [9.17, 15) is 25.0 Å². The lowest BCUT2D eigenvalue weighted by Crippen LogP contribution is -2.15. The van der Waals surface area contributed by atoms with E-state index in [4.69, 9.17) is 0 Å². The first-order valence-corrected chi connectivity index (χ1v) is 7.06. The maximum absolute atomic E-state index is 12.1. The Bertz CT molecular complexity index is 832. The van der Waals surface area contributed by atoms with Crippen molar-refractivity contribution in [3.8, 4) is 0 Å². The van der Waals surface area contributed by atoms with Crippen LogP contribution in [0.3, 0.4) is 0 Å². The molecule has 0 spiro atoms. The lowest BCUT2D eigenvalue weighted by molar-refractivity contribution is -0.394. The first-order chi connectivity index (χ1) is 11.3. The van der Waals surface area contributed by atoms with Crippen LogP contribution in [0.25, 0.3) is 0 Å². The van der Waals surface area contributed by atoms with Gasteiger partial charge >= 0.3 is 0 Å². The third-order valence-corrected chi connectivity index (χ3v) is 3.62. The molecule has 0 unspecified atom stereocenters. The number of aryl methyl sites for hydroxylation is 2. The van der Waals surface area contributed by atoms with E-state index < -0.39 is 21.4 Å². The van der Waals surface area contributed by atoms with Gasteiger partial charge in [0, 0.05) is 17.3 Å². The van der Waals surface area contributed by atoms with Gasteiger partial charge in [0.1, 0.15) is 0 Å². The molecule has 124 valence electrons. The molecule has 0 saturated heterocycles. The maximum atomic E-state index is 12.1. The second-order valence-corrected chi connectivity index (χ2v) is 5.35. The lowest BCUT2D eigenvalue weighted by Gasteiger charge is -2.08. The number of hydrogen-bond donors (Lipinski definition) is 1. The number of nitro benzene ring substituents is 2. The predicted molar refractivity (Wildman–Crippen MR) is 88.0 cm³/mol. The normalized spacial score (nSPS) is 10.2. The van der Waals surface area contributed by atoms with Gasteiger partial charge in [-0.15, -0.1) is 0 Å². The number of non-ortho nitro benzene ring substituents is 1. The molecule has 1 N–H and O–H groups in total. The van der Waals surface area contributed by atoms with Crippen molar-refractivity contribution in [2.45, 2.75) is 20.3 Å². The van der Waals surface area contributed by atoms with Gasteiger partial charge in [-0.25, -0.2) is 0 Å². The number of anilines is 1. The summed E-state index contributed by atoms with van der Waals surface area (Å²) in [5, 5.41) is 24.4. The van der Waals surface area contributed by atoms with Crippen LogP contribution in [0.5, 0.6) is 0 Å². The summed E-state index contributed by atoms with van der Waals surface area (Å²) in [5.74, 6) is -0.435. The Hall–Kier alpha value is -3.29. The second kappa shape index (κ2) is 6.86. The van der Waals surface area contributed by atoms with Crippen molar-refractivity contribution in [2.75, 3.05) is 5.32 Å². The van der Waals surface area contributed by atoms with Gasteiger partial charge in [0.05, 0.1) is 22.3 Å². The number of carbonyl (C=O) groups is 1. The predicted octanol–water partition coefficient (Wildman–Crippen LogP) is 3.30. The van der Waals surface area contributed by atoms with Crippen molar-refractivity contribution < 1.29 is 14.6 Å². The third-order valence-electron chi connectivity index (χ3n) is 3.62. The highest BCUT2D eigenvalue weighted by Crippen LogP contribution is 2.25. The Balaban J connectivity index is 2.20. The van der Waals surface area contributed by atoms with Crippen molar-refractivity contribution in [1.82, 2.24) is 0 Å². The van der Waals surface area contributed by atoms with E-state index in [-0.39, 0.29) is 17.7 Å². The van der Waals surface area contributed by atoms with Crippen LogP contribution in [0.1, 0.15) is 16.7 Å². The summed E-state index contributed by atoms with van der Waals surface area (Å²) in [6.07, 6.45) is -0.249. The Kier molecular flexibility index (Phi) is 4.88. The van der Waals surface area contributed by atoms with Crippen LogP contribution in [0.2, 0.25) is 0 Å². The molecule has 0 aliphatic carbocycles. The summed E-state index contributed by atoms with van der Waals surface area (Å²) in [7, 11) is 0. The number of nitrogens with zero attached hydrogens (tertiary/aromatic N) is 2. The summed E-state index contributed by atoms with van der Waals surface area (Å²) >= 11 is 0. The van der Waals surface area contributed by atoms with Crippen LogP contribution in [0.4, 0.5) is 17.1 Å². The van der Waals surface area contributed by atoms with Gasteiger partial charge in [0.2, 0.25) is 5.91 Å². The number of benzene rings is 2. The average molecular weight is 329 g/mol. The van der Waals surface area contributed by atoms with E-state index in [1.54, 1.807) is 12.1 Å². The second-order valence-electron chi connectivity index (χ2n) is 5.35. The summed E-state index contributed by atoms with van der Waals surface area (Å²) < 4.78 is 0. The third kappa shape index (κ3) is 3.92. The van der Waals surface area contributed by atoms with Crippen LogP contribution in [0.15, 0.2) is 36.4 Å². The Morgan fingerprint density at radius 1 is 1.00 bits per heavy atom. The van der Waals surface area contributed by atoms with E-state index in [1.807, 2.05) is 19.9 Å². The highest BCUT2D eigenvalue weighted by molar-refractivity contribution is 5.93. The van der Waals surface area contributed by atoms with Crippen LogP contribution < -0.4 is 5.32 Å². The minimum atomic E-state index is -0.731. The monoisotopic (exact) mass is 329 g/mol.